The first-order valence-electron chi connectivity index (χ1n) is 10.5. The Morgan fingerprint density at radius 2 is 1.64 bits per heavy atom. The fourth-order valence-corrected chi connectivity index (χ4v) is 4.13. The van der Waals surface area contributed by atoms with Crippen LogP contribution in [0.5, 0.6) is 0 Å². The average molecular weight is 464 g/mol. The zero-order chi connectivity index (χ0) is 24.0. The van der Waals surface area contributed by atoms with Crippen molar-refractivity contribution in [3.8, 4) is 0 Å². The van der Waals surface area contributed by atoms with Gasteiger partial charge in [0, 0.05) is 34.0 Å². The molecule has 0 bridgehead atoms. The summed E-state index contributed by atoms with van der Waals surface area (Å²) in [5.74, 6) is -0.447. The van der Waals surface area contributed by atoms with Crippen molar-refractivity contribution in [1.82, 2.24) is 0 Å². The van der Waals surface area contributed by atoms with Crippen LogP contribution in [0.4, 0.5) is 17.1 Å². The number of benzene rings is 3. The maximum absolute atomic E-state index is 12.8. The van der Waals surface area contributed by atoms with Crippen LogP contribution in [-0.2, 0) is 4.79 Å². The maximum atomic E-state index is 12.8. The van der Waals surface area contributed by atoms with Crippen molar-refractivity contribution in [2.45, 2.75) is 37.3 Å². The highest BCUT2D eigenvalue weighted by molar-refractivity contribution is 8.00. The summed E-state index contributed by atoms with van der Waals surface area (Å²) in [7, 11) is 0. The van der Waals surface area contributed by atoms with Gasteiger partial charge in [0.05, 0.1) is 10.2 Å². The fourth-order valence-electron chi connectivity index (χ4n) is 3.11. The Morgan fingerprint density at radius 1 is 0.939 bits per heavy atom. The van der Waals surface area contributed by atoms with Gasteiger partial charge < -0.3 is 10.6 Å². The number of carbonyl (C=O) groups is 2. The molecule has 8 heteroatoms. The lowest BCUT2D eigenvalue weighted by molar-refractivity contribution is -0.384. The molecule has 0 aliphatic carbocycles. The molecule has 0 aliphatic rings. The van der Waals surface area contributed by atoms with E-state index in [9.17, 15) is 19.7 Å². The van der Waals surface area contributed by atoms with Gasteiger partial charge >= 0.3 is 0 Å². The molecular weight excluding hydrogens is 438 g/mol. The molecule has 1 atom stereocenters. The van der Waals surface area contributed by atoms with E-state index in [0.29, 0.717) is 17.7 Å². The number of nitrogens with zero attached hydrogens (tertiary/aromatic N) is 1. The number of non-ortho nitro benzene ring substituents is 1. The van der Waals surface area contributed by atoms with Gasteiger partial charge in [-0.25, -0.2) is 0 Å². The SMILES string of the molecule is CCC(Sc1cccc(NC(=O)c2ccc([N+](=O)[O-])cc2)c1)C(=O)Nc1ccc(C)c(C)c1. The molecule has 0 saturated heterocycles. The fraction of sp³-hybridized carbons (Fsp3) is 0.200. The van der Waals surface area contributed by atoms with E-state index in [0.717, 1.165) is 16.1 Å². The minimum absolute atomic E-state index is 0.0744. The third kappa shape index (κ3) is 6.43. The standard InChI is InChI=1S/C25H25N3O4S/c1-4-23(25(30)27-20-11-8-16(2)17(3)14-20)33-22-7-5-6-19(15-22)26-24(29)18-9-12-21(13-10-18)28(31)32/h5-15,23H,4H2,1-3H3,(H,26,29)(H,27,30). The number of anilines is 2. The summed E-state index contributed by atoms with van der Waals surface area (Å²) in [4.78, 5) is 36.4. The van der Waals surface area contributed by atoms with Crippen molar-refractivity contribution >= 4 is 40.6 Å². The number of nitrogens with one attached hydrogen (secondary N) is 2. The molecule has 0 aromatic heterocycles. The first kappa shape index (κ1) is 24.0. The van der Waals surface area contributed by atoms with E-state index in [1.54, 1.807) is 12.1 Å². The smallest absolute Gasteiger partial charge is 0.269 e. The van der Waals surface area contributed by atoms with Crippen LogP contribution in [0.1, 0.15) is 34.8 Å². The molecule has 3 rings (SSSR count). The van der Waals surface area contributed by atoms with Gasteiger partial charge in [-0.05, 0) is 73.9 Å². The molecule has 0 heterocycles. The number of amides is 2. The molecule has 33 heavy (non-hydrogen) atoms. The molecular formula is C25H25N3O4S. The van der Waals surface area contributed by atoms with E-state index in [1.807, 2.05) is 51.1 Å². The Hall–Kier alpha value is -3.65. The number of carbonyl (C=O) groups excluding carboxylic acids is 2. The van der Waals surface area contributed by atoms with E-state index in [-0.39, 0.29) is 22.8 Å². The molecule has 0 saturated carbocycles. The van der Waals surface area contributed by atoms with Crippen LogP contribution in [0, 0.1) is 24.0 Å². The minimum atomic E-state index is -0.511. The van der Waals surface area contributed by atoms with Crippen molar-refractivity contribution in [1.29, 1.82) is 0 Å². The monoisotopic (exact) mass is 463 g/mol. The molecule has 170 valence electrons. The summed E-state index contributed by atoms with van der Waals surface area (Å²) in [5, 5.41) is 16.3. The van der Waals surface area contributed by atoms with Crippen LogP contribution in [-0.4, -0.2) is 22.0 Å². The summed E-state index contributed by atoms with van der Waals surface area (Å²) in [6.45, 7) is 5.99. The quantitative estimate of drug-likeness (QED) is 0.243. The number of rotatable bonds is 8. The number of aryl methyl sites for hydroxylation is 2. The van der Waals surface area contributed by atoms with E-state index < -0.39 is 4.92 Å². The van der Waals surface area contributed by atoms with Gasteiger partial charge in [0.2, 0.25) is 5.91 Å². The van der Waals surface area contributed by atoms with Crippen LogP contribution in [0.3, 0.4) is 0 Å². The Labute approximate surface area is 196 Å². The van der Waals surface area contributed by atoms with E-state index >= 15 is 0 Å². The molecule has 7 nitrogen and oxygen atoms in total. The number of nitro groups is 1. The number of thioether (sulfide) groups is 1. The highest BCUT2D eigenvalue weighted by Gasteiger charge is 2.19. The van der Waals surface area contributed by atoms with E-state index in [2.05, 4.69) is 10.6 Å². The lowest BCUT2D eigenvalue weighted by Gasteiger charge is -2.16. The lowest BCUT2D eigenvalue weighted by Crippen LogP contribution is -2.24. The van der Waals surface area contributed by atoms with Gasteiger partial charge in [-0.3, -0.25) is 19.7 Å². The molecule has 0 radical (unpaired) electrons. The van der Waals surface area contributed by atoms with Gasteiger partial charge in [-0.2, -0.15) is 0 Å². The third-order valence-electron chi connectivity index (χ3n) is 5.15. The zero-order valence-corrected chi connectivity index (χ0v) is 19.4. The predicted molar refractivity (Wildman–Crippen MR) is 132 cm³/mol. The average Bonchev–Trinajstić information content (AvgIpc) is 2.80. The van der Waals surface area contributed by atoms with E-state index in [4.69, 9.17) is 0 Å². The molecule has 0 spiro atoms. The van der Waals surface area contributed by atoms with Crippen LogP contribution in [0.2, 0.25) is 0 Å². The summed E-state index contributed by atoms with van der Waals surface area (Å²) in [6.07, 6.45) is 0.640. The summed E-state index contributed by atoms with van der Waals surface area (Å²) in [6, 6.07) is 18.5. The molecule has 0 fully saturated rings. The van der Waals surface area contributed by atoms with Crippen LogP contribution in [0.15, 0.2) is 71.6 Å². The van der Waals surface area contributed by atoms with Crippen molar-refractivity contribution in [2.75, 3.05) is 10.6 Å². The van der Waals surface area contributed by atoms with Crippen molar-refractivity contribution in [2.24, 2.45) is 0 Å². The number of hydrogen-bond donors (Lipinski definition) is 2. The highest BCUT2D eigenvalue weighted by atomic mass is 32.2. The zero-order valence-electron chi connectivity index (χ0n) is 18.6. The lowest BCUT2D eigenvalue weighted by atomic mass is 10.1. The Bertz CT molecular complexity index is 1180. The third-order valence-corrected chi connectivity index (χ3v) is 6.51. The van der Waals surface area contributed by atoms with Gasteiger partial charge in [0.1, 0.15) is 0 Å². The summed E-state index contributed by atoms with van der Waals surface area (Å²) < 4.78 is 0. The summed E-state index contributed by atoms with van der Waals surface area (Å²) in [5.41, 5.74) is 3.87. The van der Waals surface area contributed by atoms with Gasteiger partial charge in [-0.1, -0.05) is 19.1 Å². The first-order chi connectivity index (χ1) is 15.8. The Morgan fingerprint density at radius 3 is 2.27 bits per heavy atom. The normalized spacial score (nSPS) is 11.5. The summed E-state index contributed by atoms with van der Waals surface area (Å²) >= 11 is 1.43. The maximum Gasteiger partial charge on any atom is 0.269 e. The molecule has 0 aliphatic heterocycles. The molecule has 3 aromatic carbocycles. The number of nitro benzene ring substituents is 1. The molecule has 2 amide bonds. The van der Waals surface area contributed by atoms with E-state index in [1.165, 1.54) is 41.6 Å². The highest BCUT2D eigenvalue weighted by Crippen LogP contribution is 2.29. The van der Waals surface area contributed by atoms with Crippen molar-refractivity contribution < 1.29 is 14.5 Å². The second-order valence-electron chi connectivity index (χ2n) is 7.59. The van der Waals surface area contributed by atoms with Crippen molar-refractivity contribution in [3.63, 3.8) is 0 Å². The van der Waals surface area contributed by atoms with Crippen LogP contribution >= 0.6 is 11.8 Å². The molecule has 1 unspecified atom stereocenters. The minimum Gasteiger partial charge on any atom is -0.325 e. The Kier molecular flexibility index (Phi) is 7.84. The largest absolute Gasteiger partial charge is 0.325 e. The predicted octanol–water partition coefficient (Wildman–Crippen LogP) is 5.97. The van der Waals surface area contributed by atoms with Crippen LogP contribution < -0.4 is 10.6 Å². The second kappa shape index (κ2) is 10.8. The molecule has 3 aromatic rings. The topological polar surface area (TPSA) is 101 Å². The van der Waals surface area contributed by atoms with Gasteiger partial charge in [0.15, 0.2) is 0 Å². The number of hydrogen-bond acceptors (Lipinski definition) is 5. The van der Waals surface area contributed by atoms with Gasteiger partial charge in [0.25, 0.3) is 11.6 Å². The van der Waals surface area contributed by atoms with Gasteiger partial charge in [-0.15, -0.1) is 11.8 Å². The Balaban J connectivity index is 1.66. The van der Waals surface area contributed by atoms with Crippen LogP contribution in [0.25, 0.3) is 0 Å². The molecule has 2 N–H and O–H groups in total. The van der Waals surface area contributed by atoms with Crippen molar-refractivity contribution in [3.05, 3.63) is 93.5 Å². The first-order valence-corrected chi connectivity index (χ1v) is 11.4. The second-order valence-corrected chi connectivity index (χ2v) is 8.87.